The number of nitrogens with one attached hydrogen (secondary N) is 2. The number of sulfonamides is 1. The first-order valence-electron chi connectivity index (χ1n) is 11.5. The molecule has 194 valence electrons. The van der Waals surface area contributed by atoms with Gasteiger partial charge >= 0.3 is 5.97 Å². The minimum absolute atomic E-state index is 0.0767. The van der Waals surface area contributed by atoms with Crippen LogP contribution in [0.1, 0.15) is 35.3 Å². The Bertz CT molecular complexity index is 1350. The summed E-state index contributed by atoms with van der Waals surface area (Å²) in [5.41, 5.74) is 4.32. The van der Waals surface area contributed by atoms with Gasteiger partial charge in [0.25, 0.3) is 5.91 Å². The van der Waals surface area contributed by atoms with Crippen LogP contribution in [0.5, 0.6) is 11.5 Å². The molecule has 3 rings (SSSR count). The van der Waals surface area contributed by atoms with E-state index in [1.54, 1.807) is 81.6 Å². The Morgan fingerprint density at radius 1 is 0.892 bits per heavy atom. The summed E-state index contributed by atoms with van der Waals surface area (Å²) in [4.78, 5) is 25.0. The smallest absolute Gasteiger partial charge is 0.343 e. The third-order valence-electron chi connectivity index (χ3n) is 5.37. The summed E-state index contributed by atoms with van der Waals surface area (Å²) in [5, 5.41) is 3.93. The highest BCUT2D eigenvalue weighted by Crippen LogP contribution is 2.16. The minimum Gasteiger partial charge on any atom is -0.497 e. The maximum Gasteiger partial charge on any atom is 0.343 e. The molecule has 9 nitrogen and oxygen atoms in total. The number of aryl methyl sites for hydroxylation is 1. The number of hydrogen-bond acceptors (Lipinski definition) is 7. The predicted octanol–water partition coefficient (Wildman–Crippen LogP) is 3.68. The molecule has 1 atom stereocenters. The van der Waals surface area contributed by atoms with E-state index in [9.17, 15) is 18.0 Å². The molecule has 0 saturated carbocycles. The van der Waals surface area contributed by atoms with Crippen LogP contribution >= 0.6 is 0 Å². The van der Waals surface area contributed by atoms with E-state index in [2.05, 4.69) is 15.2 Å². The first-order valence-corrected chi connectivity index (χ1v) is 13.0. The molecule has 0 fully saturated rings. The Kier molecular flexibility index (Phi) is 9.15. The van der Waals surface area contributed by atoms with Crippen LogP contribution in [0.15, 0.2) is 82.8 Å². The summed E-state index contributed by atoms with van der Waals surface area (Å²) in [6.45, 7) is 5.32. The number of nitrogens with zero attached hydrogens (tertiary/aromatic N) is 1. The number of ether oxygens (including phenoxy) is 2. The second kappa shape index (κ2) is 12.3. The van der Waals surface area contributed by atoms with Crippen LogP contribution in [0.3, 0.4) is 0 Å². The predicted molar refractivity (Wildman–Crippen MR) is 140 cm³/mol. The first kappa shape index (κ1) is 27.6. The molecule has 0 unspecified atom stereocenters. The second-order valence-electron chi connectivity index (χ2n) is 8.58. The van der Waals surface area contributed by atoms with Crippen molar-refractivity contribution < 1.29 is 27.5 Å². The molecule has 1 amide bonds. The molecule has 0 heterocycles. The van der Waals surface area contributed by atoms with Crippen molar-refractivity contribution in [1.29, 1.82) is 0 Å². The maximum absolute atomic E-state index is 12.7. The van der Waals surface area contributed by atoms with E-state index in [4.69, 9.17) is 9.47 Å². The number of hydrazone groups is 1. The zero-order valence-electron chi connectivity index (χ0n) is 21.0. The summed E-state index contributed by atoms with van der Waals surface area (Å²) in [7, 11) is -2.35. The number of hydrogen-bond donors (Lipinski definition) is 2. The zero-order valence-corrected chi connectivity index (χ0v) is 21.8. The SMILES string of the molecule is COc1ccc(C(=O)Oc2ccc(/C=N\NC(=O)[C@@H](NS(=O)(=O)c3ccc(C)cc3)C(C)C)cc2)cc1. The van der Waals surface area contributed by atoms with Crippen molar-refractivity contribution in [2.75, 3.05) is 7.11 Å². The molecule has 3 aromatic carbocycles. The lowest BCUT2D eigenvalue weighted by Crippen LogP contribution is -2.48. The number of benzene rings is 3. The molecule has 0 aliphatic rings. The van der Waals surface area contributed by atoms with E-state index < -0.39 is 27.9 Å². The van der Waals surface area contributed by atoms with Crippen LogP contribution in [0.25, 0.3) is 0 Å². The Hall–Kier alpha value is -4.02. The zero-order chi connectivity index (χ0) is 27.0. The number of carbonyl (C=O) groups is 2. The lowest BCUT2D eigenvalue weighted by atomic mass is 10.1. The van der Waals surface area contributed by atoms with Crippen LogP contribution in [0.4, 0.5) is 0 Å². The largest absolute Gasteiger partial charge is 0.497 e. The second-order valence-corrected chi connectivity index (χ2v) is 10.3. The quantitative estimate of drug-likeness (QED) is 0.181. The Morgan fingerprint density at radius 2 is 1.49 bits per heavy atom. The fourth-order valence-corrected chi connectivity index (χ4v) is 4.54. The van der Waals surface area contributed by atoms with Crippen LogP contribution in [-0.2, 0) is 14.8 Å². The molecule has 0 saturated heterocycles. The van der Waals surface area contributed by atoms with E-state index in [0.717, 1.165) is 5.56 Å². The van der Waals surface area contributed by atoms with Gasteiger partial charge in [0.2, 0.25) is 10.0 Å². The summed E-state index contributed by atoms with van der Waals surface area (Å²) in [6, 6.07) is 18.4. The van der Waals surface area contributed by atoms with Gasteiger partial charge in [-0.25, -0.2) is 18.6 Å². The first-order chi connectivity index (χ1) is 17.6. The summed E-state index contributed by atoms with van der Waals surface area (Å²) in [6.07, 6.45) is 1.40. The lowest BCUT2D eigenvalue weighted by Gasteiger charge is -2.20. The van der Waals surface area contributed by atoms with Crippen molar-refractivity contribution in [2.24, 2.45) is 11.0 Å². The summed E-state index contributed by atoms with van der Waals surface area (Å²) < 4.78 is 38.3. The highest BCUT2D eigenvalue weighted by Gasteiger charge is 2.28. The van der Waals surface area contributed by atoms with Crippen LogP contribution in [0, 0.1) is 12.8 Å². The van der Waals surface area contributed by atoms with Gasteiger partial charge in [-0.15, -0.1) is 0 Å². The third-order valence-corrected chi connectivity index (χ3v) is 6.82. The molecule has 37 heavy (non-hydrogen) atoms. The van der Waals surface area contributed by atoms with Gasteiger partial charge in [-0.3, -0.25) is 4.79 Å². The molecule has 3 aromatic rings. The Morgan fingerprint density at radius 3 is 2.05 bits per heavy atom. The van der Waals surface area contributed by atoms with Crippen molar-refractivity contribution in [3.63, 3.8) is 0 Å². The van der Waals surface area contributed by atoms with Crippen LogP contribution < -0.4 is 19.6 Å². The number of esters is 1. The van der Waals surface area contributed by atoms with Gasteiger partial charge in [-0.2, -0.15) is 9.82 Å². The minimum atomic E-state index is -3.89. The molecule has 10 heteroatoms. The van der Waals surface area contributed by atoms with Gasteiger partial charge < -0.3 is 9.47 Å². The molecule has 0 spiro atoms. The van der Waals surface area contributed by atoms with E-state index >= 15 is 0 Å². The van der Waals surface area contributed by atoms with Crippen molar-refractivity contribution >= 4 is 28.1 Å². The summed E-state index contributed by atoms with van der Waals surface area (Å²) >= 11 is 0. The van der Waals surface area contributed by atoms with Gasteiger partial charge in [-0.05, 0) is 79.1 Å². The number of amides is 1. The standard InChI is InChI=1S/C27H29N3O6S/c1-18(2)25(30-37(33,34)24-15-5-19(3)6-16-24)26(31)29-28-17-20-7-11-23(12-8-20)36-27(32)21-9-13-22(35-4)14-10-21/h5-18,25,30H,1-4H3,(H,29,31)/b28-17-/t25-/m0/s1. The molecule has 0 aliphatic heterocycles. The van der Waals surface area contributed by atoms with Crippen molar-refractivity contribution in [3.8, 4) is 11.5 Å². The lowest BCUT2D eigenvalue weighted by molar-refractivity contribution is -0.123. The van der Waals surface area contributed by atoms with Gasteiger partial charge in [0.15, 0.2) is 0 Å². The van der Waals surface area contributed by atoms with Crippen molar-refractivity contribution in [2.45, 2.75) is 31.7 Å². The monoisotopic (exact) mass is 523 g/mol. The Balaban J connectivity index is 1.58. The van der Waals surface area contributed by atoms with Crippen molar-refractivity contribution in [3.05, 3.63) is 89.5 Å². The third kappa shape index (κ3) is 7.73. The van der Waals surface area contributed by atoms with E-state index in [1.165, 1.54) is 18.3 Å². The molecular formula is C27H29N3O6S. The summed E-state index contributed by atoms with van der Waals surface area (Å²) in [5.74, 6) is -0.450. The van der Waals surface area contributed by atoms with Crippen LogP contribution in [-0.4, -0.2) is 39.7 Å². The molecule has 0 bridgehead atoms. The molecule has 0 aliphatic carbocycles. The van der Waals surface area contributed by atoms with Gasteiger partial charge in [0, 0.05) is 0 Å². The molecule has 0 radical (unpaired) electrons. The van der Waals surface area contributed by atoms with Gasteiger partial charge in [0.1, 0.15) is 17.5 Å². The van der Waals surface area contributed by atoms with E-state index in [-0.39, 0.29) is 10.8 Å². The fraction of sp³-hybridized carbons (Fsp3) is 0.222. The van der Waals surface area contributed by atoms with Crippen LogP contribution in [0.2, 0.25) is 0 Å². The highest BCUT2D eigenvalue weighted by molar-refractivity contribution is 7.89. The molecule has 0 aromatic heterocycles. The number of carbonyl (C=O) groups excluding carboxylic acids is 2. The van der Waals surface area contributed by atoms with E-state index in [0.29, 0.717) is 22.6 Å². The van der Waals surface area contributed by atoms with E-state index in [1.807, 2.05) is 6.92 Å². The van der Waals surface area contributed by atoms with Crippen molar-refractivity contribution in [1.82, 2.24) is 10.1 Å². The molecular weight excluding hydrogens is 494 g/mol. The van der Waals surface area contributed by atoms with Gasteiger partial charge in [0.05, 0.1) is 23.8 Å². The average molecular weight is 524 g/mol. The topological polar surface area (TPSA) is 123 Å². The normalized spacial score (nSPS) is 12.4. The fourth-order valence-electron chi connectivity index (χ4n) is 3.20. The molecule has 2 N–H and O–H groups in total. The average Bonchev–Trinajstić information content (AvgIpc) is 2.88. The van der Waals surface area contributed by atoms with Gasteiger partial charge in [-0.1, -0.05) is 31.5 Å². The highest BCUT2D eigenvalue weighted by atomic mass is 32.2. The maximum atomic E-state index is 12.7. The number of rotatable bonds is 10. The number of methoxy groups -OCH3 is 1. The Labute approximate surface area is 216 Å².